The van der Waals surface area contributed by atoms with E-state index in [0.717, 1.165) is 17.3 Å². The number of carboxylic acids is 1. The summed E-state index contributed by atoms with van der Waals surface area (Å²) in [6.07, 6.45) is -0.544. The summed E-state index contributed by atoms with van der Waals surface area (Å²) in [5, 5.41) is 19.1. The van der Waals surface area contributed by atoms with Crippen LogP contribution < -0.4 is 15.8 Å². The van der Waals surface area contributed by atoms with Gasteiger partial charge in [-0.3, -0.25) is 14.7 Å². The topological polar surface area (TPSA) is 146 Å². The fraction of sp³-hybridized carbons (Fsp3) is 0.238. The van der Waals surface area contributed by atoms with E-state index in [0.29, 0.717) is 45.9 Å². The second-order valence-electron chi connectivity index (χ2n) is 7.79. The first kappa shape index (κ1) is 26.1. The Balaban J connectivity index is 0.000000405. The maximum atomic E-state index is 12.5. The number of rotatable bonds is 4. The number of halogens is 4. The first-order valence-corrected chi connectivity index (χ1v) is 11.6. The predicted molar refractivity (Wildman–Crippen MR) is 130 cm³/mol. The van der Waals surface area contributed by atoms with E-state index in [1.165, 1.54) is 21.0 Å². The van der Waals surface area contributed by atoms with E-state index in [-0.39, 0.29) is 11.5 Å². The molecule has 3 N–H and O–H groups in total. The molecule has 5 rings (SSSR count). The molecule has 37 heavy (non-hydrogen) atoms. The first-order chi connectivity index (χ1) is 17.5. The van der Waals surface area contributed by atoms with Gasteiger partial charge in [0.05, 0.1) is 22.4 Å². The zero-order chi connectivity index (χ0) is 26.9. The highest BCUT2D eigenvalue weighted by molar-refractivity contribution is 7.10. The molecule has 0 radical (unpaired) electrons. The second-order valence-corrected chi connectivity index (χ2v) is 8.92. The number of nitrogens with zero attached hydrogens (tertiary/aromatic N) is 5. The van der Waals surface area contributed by atoms with Crippen molar-refractivity contribution in [3.8, 4) is 11.4 Å². The summed E-state index contributed by atoms with van der Waals surface area (Å²) >= 11 is 7.64. The van der Waals surface area contributed by atoms with Crippen molar-refractivity contribution in [2.75, 3.05) is 16.8 Å². The number of nitrogens with one attached hydrogen (secondary N) is 2. The van der Waals surface area contributed by atoms with Gasteiger partial charge in [-0.05, 0) is 24.6 Å². The predicted octanol–water partition coefficient (Wildman–Crippen LogP) is 3.94. The van der Waals surface area contributed by atoms with Gasteiger partial charge in [0.2, 0.25) is 11.0 Å². The molecule has 1 aliphatic rings. The van der Waals surface area contributed by atoms with Crippen molar-refractivity contribution in [2.24, 2.45) is 7.05 Å². The number of carbonyl (C=O) groups excluding carboxylic acids is 1. The van der Waals surface area contributed by atoms with Crippen molar-refractivity contribution in [2.45, 2.75) is 19.0 Å². The average molecular weight is 556 g/mol. The summed E-state index contributed by atoms with van der Waals surface area (Å²) < 4.78 is 37.6. The van der Waals surface area contributed by atoms with Crippen molar-refractivity contribution in [1.82, 2.24) is 24.1 Å². The third-order valence-electron chi connectivity index (χ3n) is 5.26. The fourth-order valence-electron chi connectivity index (χ4n) is 3.50. The van der Waals surface area contributed by atoms with Crippen LogP contribution in [-0.4, -0.2) is 53.8 Å². The molecular weight excluding hydrogens is 539 g/mol. The normalized spacial score (nSPS) is 13.5. The second kappa shape index (κ2) is 10.2. The van der Waals surface area contributed by atoms with Gasteiger partial charge in [-0.1, -0.05) is 11.6 Å². The largest absolute Gasteiger partial charge is 0.490 e. The van der Waals surface area contributed by atoms with Crippen molar-refractivity contribution < 1.29 is 27.9 Å². The lowest BCUT2D eigenvalue weighted by Crippen LogP contribution is -2.32. The highest BCUT2D eigenvalue weighted by Crippen LogP contribution is 2.33. The Labute approximate surface area is 214 Å². The molecule has 1 aromatic carbocycles. The Bertz CT molecular complexity index is 1550. The standard InChI is InChI=1S/C19H16ClN7O2S.C2HF3O2/c1-26-9-10(7-14(18(26)29)27-6-2-3-15(27)28)17-23-19(30-25-17)22-13-5-4-12-11(16(13)20)8-21-24-12;3-2(4,5)1(6)7/h4-5,7-9H,2-3,6H2,1H3,(H,21,24)(H,22,23,25);(H,6,7). The fourth-order valence-corrected chi connectivity index (χ4v) is 4.36. The van der Waals surface area contributed by atoms with Crippen LogP contribution in [0.1, 0.15) is 12.8 Å². The molecule has 1 aliphatic heterocycles. The Morgan fingerprint density at radius 2 is 2.03 bits per heavy atom. The smallest absolute Gasteiger partial charge is 0.475 e. The lowest BCUT2D eigenvalue weighted by Gasteiger charge is -2.16. The van der Waals surface area contributed by atoms with Crippen LogP contribution >= 0.6 is 23.1 Å². The van der Waals surface area contributed by atoms with Crippen molar-refractivity contribution in [3.05, 3.63) is 46.0 Å². The third-order valence-corrected chi connectivity index (χ3v) is 6.29. The van der Waals surface area contributed by atoms with Crippen molar-refractivity contribution in [1.29, 1.82) is 0 Å². The minimum absolute atomic E-state index is 0.0397. The van der Waals surface area contributed by atoms with E-state index in [1.807, 2.05) is 12.1 Å². The molecule has 0 spiro atoms. The van der Waals surface area contributed by atoms with Crippen LogP contribution in [0.15, 0.2) is 35.4 Å². The Morgan fingerprint density at radius 1 is 1.30 bits per heavy atom. The highest BCUT2D eigenvalue weighted by atomic mass is 35.5. The Kier molecular flexibility index (Phi) is 7.18. The van der Waals surface area contributed by atoms with Gasteiger partial charge in [0, 0.05) is 48.7 Å². The van der Waals surface area contributed by atoms with Gasteiger partial charge in [-0.25, -0.2) is 4.79 Å². The molecule has 0 aliphatic carbocycles. The zero-order valence-electron chi connectivity index (χ0n) is 18.8. The number of carboxylic acid groups (broad SMARTS) is 1. The number of aliphatic carboxylic acids is 1. The van der Waals surface area contributed by atoms with Gasteiger partial charge in [0.15, 0.2) is 5.82 Å². The quantitative estimate of drug-likeness (QED) is 0.343. The number of fused-ring (bicyclic) bond motifs is 1. The molecule has 3 aromatic heterocycles. The van der Waals surface area contributed by atoms with Crippen LogP contribution in [0.2, 0.25) is 5.02 Å². The van der Waals surface area contributed by atoms with Gasteiger partial charge < -0.3 is 19.9 Å². The number of carbonyl (C=O) groups is 2. The monoisotopic (exact) mass is 555 g/mol. The summed E-state index contributed by atoms with van der Waals surface area (Å²) in [5.41, 5.74) is 2.33. The summed E-state index contributed by atoms with van der Waals surface area (Å²) in [4.78, 5) is 39.6. The van der Waals surface area contributed by atoms with Crippen LogP contribution in [0.4, 0.5) is 29.7 Å². The maximum absolute atomic E-state index is 12.5. The molecule has 16 heteroatoms. The van der Waals surface area contributed by atoms with Crippen LogP contribution in [-0.2, 0) is 16.6 Å². The number of pyridine rings is 1. The lowest BCUT2D eigenvalue weighted by atomic mass is 10.2. The third kappa shape index (κ3) is 5.56. The number of alkyl halides is 3. The van der Waals surface area contributed by atoms with Crippen molar-refractivity contribution in [3.63, 3.8) is 0 Å². The minimum Gasteiger partial charge on any atom is -0.475 e. The molecule has 4 heterocycles. The number of anilines is 3. The summed E-state index contributed by atoms with van der Waals surface area (Å²) in [6.45, 7) is 0.545. The number of aryl methyl sites for hydroxylation is 1. The Morgan fingerprint density at radius 3 is 2.68 bits per heavy atom. The van der Waals surface area contributed by atoms with Crippen LogP contribution in [0, 0.1) is 0 Å². The SMILES string of the molecule is Cn1cc(-c2nsc(Nc3ccc4[nH]ncc4c3Cl)n2)cc(N2CCCC2=O)c1=O.O=C(O)C(F)(F)F. The number of H-pyrrole nitrogens is 1. The molecule has 11 nitrogen and oxygen atoms in total. The van der Waals surface area contributed by atoms with E-state index < -0.39 is 12.1 Å². The zero-order valence-corrected chi connectivity index (χ0v) is 20.4. The molecule has 0 unspecified atom stereocenters. The molecule has 0 bridgehead atoms. The lowest BCUT2D eigenvalue weighted by molar-refractivity contribution is -0.192. The number of aromatic nitrogens is 5. The van der Waals surface area contributed by atoms with Gasteiger partial charge in [-0.15, -0.1) is 0 Å². The van der Waals surface area contributed by atoms with E-state index in [1.54, 1.807) is 25.5 Å². The number of aromatic amines is 1. The van der Waals surface area contributed by atoms with Crippen LogP contribution in [0.3, 0.4) is 0 Å². The molecule has 0 atom stereocenters. The van der Waals surface area contributed by atoms with Gasteiger partial charge in [0.25, 0.3) is 5.56 Å². The molecule has 194 valence electrons. The number of hydrogen-bond donors (Lipinski definition) is 3. The van der Waals surface area contributed by atoms with Gasteiger partial charge in [-0.2, -0.15) is 27.6 Å². The molecule has 4 aromatic rings. The average Bonchev–Trinajstić information content (AvgIpc) is 3.59. The molecule has 1 fully saturated rings. The summed E-state index contributed by atoms with van der Waals surface area (Å²) in [5.74, 6) is -2.33. The Hall–Kier alpha value is -3.98. The first-order valence-electron chi connectivity index (χ1n) is 10.5. The van der Waals surface area contributed by atoms with Crippen LogP contribution in [0.25, 0.3) is 22.3 Å². The van der Waals surface area contributed by atoms with E-state index in [9.17, 15) is 22.8 Å². The van der Waals surface area contributed by atoms with E-state index >= 15 is 0 Å². The number of hydrogen-bond acceptors (Lipinski definition) is 8. The van der Waals surface area contributed by atoms with E-state index in [2.05, 4.69) is 24.9 Å². The van der Waals surface area contributed by atoms with E-state index in [4.69, 9.17) is 21.5 Å². The summed E-state index contributed by atoms with van der Waals surface area (Å²) in [6, 6.07) is 5.40. The highest BCUT2D eigenvalue weighted by Gasteiger charge is 2.38. The molecule has 1 saturated heterocycles. The minimum atomic E-state index is -5.08. The van der Waals surface area contributed by atoms with Crippen LogP contribution in [0.5, 0.6) is 0 Å². The summed E-state index contributed by atoms with van der Waals surface area (Å²) in [7, 11) is 1.65. The maximum Gasteiger partial charge on any atom is 0.490 e. The molecule has 1 amide bonds. The molecule has 0 saturated carbocycles. The number of amides is 1. The molecular formula is C21H17ClF3N7O4S. The van der Waals surface area contributed by atoms with Gasteiger partial charge >= 0.3 is 12.1 Å². The van der Waals surface area contributed by atoms with Gasteiger partial charge in [0.1, 0.15) is 5.69 Å². The number of benzene rings is 1. The van der Waals surface area contributed by atoms with Crippen molar-refractivity contribution >= 4 is 62.4 Å².